The Morgan fingerprint density at radius 3 is 2.83 bits per heavy atom. The number of morpholine rings is 1. The fourth-order valence-electron chi connectivity index (χ4n) is 1.67. The Morgan fingerprint density at radius 1 is 1.50 bits per heavy atom. The molecule has 1 aliphatic rings. The summed E-state index contributed by atoms with van der Waals surface area (Å²) in [7, 11) is 0. The lowest BCUT2D eigenvalue weighted by atomic mass is 10.2. The van der Waals surface area contributed by atoms with E-state index in [1.165, 1.54) is 0 Å². The molecule has 0 bridgehead atoms. The molecular weight excluding hydrogens is 251 g/mol. The van der Waals surface area contributed by atoms with E-state index >= 15 is 0 Å². The smallest absolute Gasteiger partial charge is 0.385 e. The Kier molecular flexibility index (Phi) is 5.83. The molecule has 0 amide bonds. The molecule has 1 aliphatic heterocycles. The second-order valence-electron chi connectivity index (χ2n) is 4.14. The third-order valence-electron chi connectivity index (χ3n) is 2.53. The van der Waals surface area contributed by atoms with Gasteiger partial charge in [0.25, 0.3) is 0 Å². The highest BCUT2D eigenvalue weighted by atomic mass is 19.4. The SMILES string of the molecule is N=C(N)C1CN(CCCOCC(F)(F)F)CCO1. The maximum atomic E-state index is 11.8. The molecule has 0 saturated carbocycles. The van der Waals surface area contributed by atoms with Crippen molar-refractivity contribution in [3.8, 4) is 0 Å². The van der Waals surface area contributed by atoms with Crippen molar-refractivity contribution in [1.29, 1.82) is 5.41 Å². The number of rotatable bonds is 6. The van der Waals surface area contributed by atoms with E-state index in [0.29, 0.717) is 32.7 Å². The zero-order valence-electron chi connectivity index (χ0n) is 10.0. The topological polar surface area (TPSA) is 71.6 Å². The van der Waals surface area contributed by atoms with Crippen LogP contribution in [0.25, 0.3) is 0 Å². The van der Waals surface area contributed by atoms with Gasteiger partial charge in [-0.3, -0.25) is 10.3 Å². The average Bonchev–Trinajstić information content (AvgIpc) is 2.27. The van der Waals surface area contributed by atoms with E-state index in [4.69, 9.17) is 15.9 Å². The molecular formula is C10H18F3N3O2. The minimum atomic E-state index is -4.27. The van der Waals surface area contributed by atoms with Gasteiger partial charge in [0.05, 0.1) is 6.61 Å². The van der Waals surface area contributed by atoms with Crippen molar-refractivity contribution in [1.82, 2.24) is 4.90 Å². The summed E-state index contributed by atoms with van der Waals surface area (Å²) < 4.78 is 45.1. The summed E-state index contributed by atoms with van der Waals surface area (Å²) in [6.07, 6.45) is -4.16. The molecule has 1 atom stereocenters. The second kappa shape index (κ2) is 6.91. The molecule has 0 aliphatic carbocycles. The molecule has 3 N–H and O–H groups in total. The number of halogens is 3. The molecule has 0 aromatic rings. The van der Waals surface area contributed by atoms with Crippen molar-refractivity contribution in [2.24, 2.45) is 5.73 Å². The Hall–Kier alpha value is -0.860. The van der Waals surface area contributed by atoms with Crippen molar-refractivity contribution in [3.63, 3.8) is 0 Å². The minimum absolute atomic E-state index is 0.0204. The van der Waals surface area contributed by atoms with Gasteiger partial charge in [0.15, 0.2) is 0 Å². The van der Waals surface area contributed by atoms with Crippen molar-refractivity contribution in [3.05, 3.63) is 0 Å². The molecule has 1 fully saturated rings. The lowest BCUT2D eigenvalue weighted by molar-refractivity contribution is -0.174. The molecule has 18 heavy (non-hydrogen) atoms. The van der Waals surface area contributed by atoms with Crippen LogP contribution in [0.4, 0.5) is 13.2 Å². The van der Waals surface area contributed by atoms with E-state index in [2.05, 4.69) is 4.74 Å². The fourth-order valence-corrected chi connectivity index (χ4v) is 1.67. The first kappa shape index (κ1) is 15.2. The lowest BCUT2D eigenvalue weighted by Crippen LogP contribution is -2.48. The Labute approximate surface area is 104 Å². The van der Waals surface area contributed by atoms with Gasteiger partial charge < -0.3 is 15.2 Å². The van der Waals surface area contributed by atoms with Crippen LogP contribution in [0.2, 0.25) is 0 Å². The average molecular weight is 269 g/mol. The predicted octanol–water partition coefficient (Wildman–Crippen LogP) is 0.592. The maximum absolute atomic E-state index is 11.8. The monoisotopic (exact) mass is 269 g/mol. The van der Waals surface area contributed by atoms with E-state index in [1.54, 1.807) is 0 Å². The van der Waals surface area contributed by atoms with Crippen molar-refractivity contribution in [2.45, 2.75) is 18.7 Å². The predicted molar refractivity (Wildman–Crippen MR) is 59.6 cm³/mol. The largest absolute Gasteiger partial charge is 0.411 e. The molecule has 0 aromatic carbocycles. The molecule has 0 spiro atoms. The fraction of sp³-hybridized carbons (Fsp3) is 0.900. The van der Waals surface area contributed by atoms with E-state index in [9.17, 15) is 13.2 Å². The minimum Gasteiger partial charge on any atom is -0.385 e. The number of ether oxygens (including phenoxy) is 2. The Morgan fingerprint density at radius 2 is 2.22 bits per heavy atom. The lowest BCUT2D eigenvalue weighted by Gasteiger charge is -2.32. The van der Waals surface area contributed by atoms with Gasteiger partial charge in [-0.05, 0) is 6.42 Å². The van der Waals surface area contributed by atoms with Crippen LogP contribution >= 0.6 is 0 Å². The van der Waals surface area contributed by atoms with E-state index in [0.717, 1.165) is 0 Å². The van der Waals surface area contributed by atoms with Crippen LogP contribution < -0.4 is 5.73 Å². The van der Waals surface area contributed by atoms with Gasteiger partial charge in [-0.2, -0.15) is 13.2 Å². The Bertz CT molecular complexity index is 274. The first-order valence-corrected chi connectivity index (χ1v) is 5.71. The number of hydrogen-bond acceptors (Lipinski definition) is 4. The zero-order chi connectivity index (χ0) is 13.6. The summed E-state index contributed by atoms with van der Waals surface area (Å²) in [5, 5.41) is 7.27. The highest BCUT2D eigenvalue weighted by Gasteiger charge is 2.27. The molecule has 1 heterocycles. The molecule has 1 rings (SSSR count). The summed E-state index contributed by atoms with van der Waals surface area (Å²) in [4.78, 5) is 2.01. The third-order valence-corrected chi connectivity index (χ3v) is 2.53. The number of nitrogens with zero attached hydrogens (tertiary/aromatic N) is 1. The molecule has 0 radical (unpaired) electrons. The molecule has 5 nitrogen and oxygen atoms in total. The highest BCUT2D eigenvalue weighted by molar-refractivity contribution is 5.82. The van der Waals surface area contributed by atoms with Crippen molar-refractivity contribution in [2.75, 3.05) is 39.5 Å². The number of hydrogen-bond donors (Lipinski definition) is 2. The van der Waals surface area contributed by atoms with E-state index in [-0.39, 0.29) is 12.4 Å². The molecule has 0 aromatic heterocycles. The van der Waals surface area contributed by atoms with Gasteiger partial charge in [-0.25, -0.2) is 0 Å². The van der Waals surface area contributed by atoms with Crippen LogP contribution in [0.3, 0.4) is 0 Å². The van der Waals surface area contributed by atoms with Crippen LogP contribution in [-0.4, -0.2) is 62.5 Å². The zero-order valence-corrected chi connectivity index (χ0v) is 10.0. The number of nitrogens with two attached hydrogens (primary N) is 1. The van der Waals surface area contributed by atoms with Crippen LogP contribution in [0.1, 0.15) is 6.42 Å². The molecule has 106 valence electrons. The first-order chi connectivity index (χ1) is 8.38. The second-order valence-corrected chi connectivity index (χ2v) is 4.14. The molecule has 8 heteroatoms. The summed E-state index contributed by atoms with van der Waals surface area (Å²) in [6, 6.07) is 0. The normalized spacial score (nSPS) is 22.1. The van der Waals surface area contributed by atoms with Gasteiger partial charge in [-0.1, -0.05) is 0 Å². The summed E-state index contributed by atoms with van der Waals surface area (Å²) in [5.74, 6) is -0.0204. The van der Waals surface area contributed by atoms with E-state index in [1.807, 2.05) is 4.90 Å². The molecule has 1 saturated heterocycles. The van der Waals surface area contributed by atoms with Crippen LogP contribution in [0.15, 0.2) is 0 Å². The van der Waals surface area contributed by atoms with Gasteiger partial charge in [0.1, 0.15) is 18.5 Å². The number of nitrogens with one attached hydrogen (secondary N) is 1. The molecule has 1 unspecified atom stereocenters. The third kappa shape index (κ3) is 6.18. The van der Waals surface area contributed by atoms with Gasteiger partial charge in [-0.15, -0.1) is 0 Å². The van der Waals surface area contributed by atoms with Crippen LogP contribution in [0.5, 0.6) is 0 Å². The quantitative estimate of drug-likeness (QED) is 0.420. The van der Waals surface area contributed by atoms with Gasteiger partial charge in [0.2, 0.25) is 0 Å². The van der Waals surface area contributed by atoms with Crippen LogP contribution in [0, 0.1) is 5.41 Å². The van der Waals surface area contributed by atoms with Gasteiger partial charge in [0, 0.05) is 26.2 Å². The summed E-state index contributed by atoms with van der Waals surface area (Å²) in [6.45, 7) is 1.17. The number of amidine groups is 1. The summed E-state index contributed by atoms with van der Waals surface area (Å²) >= 11 is 0. The summed E-state index contributed by atoms with van der Waals surface area (Å²) in [5.41, 5.74) is 5.34. The number of alkyl halides is 3. The van der Waals surface area contributed by atoms with Crippen molar-refractivity contribution < 1.29 is 22.6 Å². The Balaban J connectivity index is 2.10. The van der Waals surface area contributed by atoms with Gasteiger partial charge >= 0.3 is 6.18 Å². The highest BCUT2D eigenvalue weighted by Crippen LogP contribution is 2.14. The van der Waals surface area contributed by atoms with Crippen LogP contribution in [-0.2, 0) is 9.47 Å². The van der Waals surface area contributed by atoms with Crippen molar-refractivity contribution >= 4 is 5.84 Å². The van der Waals surface area contributed by atoms with E-state index < -0.39 is 18.9 Å². The maximum Gasteiger partial charge on any atom is 0.411 e. The first-order valence-electron chi connectivity index (χ1n) is 5.71. The standard InChI is InChI=1S/C10H18F3N3O2/c11-10(12,13)7-17-4-1-2-16-3-5-18-8(6-16)9(14)15/h8H,1-7H2,(H3,14,15).